The van der Waals surface area contributed by atoms with Crippen molar-refractivity contribution in [2.45, 2.75) is 6.54 Å². The zero-order chi connectivity index (χ0) is 14.1. The number of hydrogen-bond acceptors (Lipinski definition) is 3. The fourth-order valence-electron chi connectivity index (χ4n) is 1.86. The molecule has 0 fully saturated rings. The zero-order valence-corrected chi connectivity index (χ0v) is 11.7. The first-order chi connectivity index (χ1) is 9.63. The van der Waals surface area contributed by atoms with Crippen LogP contribution in [-0.2, 0) is 6.54 Å². The molecule has 20 heavy (non-hydrogen) atoms. The molecule has 1 aromatic carbocycles. The molecule has 0 amide bonds. The van der Waals surface area contributed by atoms with E-state index in [0.29, 0.717) is 27.2 Å². The van der Waals surface area contributed by atoms with Crippen molar-refractivity contribution < 1.29 is 4.39 Å². The first-order valence-electron chi connectivity index (χ1n) is 5.81. The molecule has 0 unspecified atom stereocenters. The Labute approximate surface area is 124 Å². The molecule has 7 heteroatoms. The molecule has 4 nitrogen and oxygen atoms in total. The molecule has 0 saturated heterocycles. The van der Waals surface area contributed by atoms with Crippen molar-refractivity contribution in [3.8, 4) is 0 Å². The molecule has 0 aliphatic carbocycles. The van der Waals surface area contributed by atoms with Gasteiger partial charge in [-0.1, -0.05) is 29.3 Å². The van der Waals surface area contributed by atoms with Gasteiger partial charge in [-0.15, -0.1) is 0 Å². The predicted octanol–water partition coefficient (Wildman–Crippen LogP) is 3.79. The highest BCUT2D eigenvalue weighted by Gasteiger charge is 2.07. The largest absolute Gasteiger partial charge is 0.366 e. The number of rotatable bonds is 3. The van der Waals surface area contributed by atoms with Crippen LogP contribution in [0.5, 0.6) is 0 Å². The Bertz CT molecular complexity index is 772. The van der Waals surface area contributed by atoms with E-state index >= 15 is 0 Å². The minimum atomic E-state index is -0.359. The topological polar surface area (TPSA) is 42.2 Å². The predicted molar refractivity (Wildman–Crippen MR) is 76.7 cm³/mol. The highest BCUT2D eigenvalue weighted by molar-refractivity contribution is 6.30. The fourth-order valence-corrected chi connectivity index (χ4v) is 2.21. The summed E-state index contributed by atoms with van der Waals surface area (Å²) < 4.78 is 15.3. The van der Waals surface area contributed by atoms with Crippen LogP contribution in [0.1, 0.15) is 5.56 Å². The van der Waals surface area contributed by atoms with E-state index in [1.807, 2.05) is 0 Å². The fraction of sp³-hybridized carbons (Fsp3) is 0.0769. The minimum Gasteiger partial charge on any atom is -0.366 e. The Morgan fingerprint density at radius 3 is 2.85 bits per heavy atom. The summed E-state index contributed by atoms with van der Waals surface area (Å²) in [7, 11) is 0. The lowest BCUT2D eigenvalue weighted by atomic mass is 10.2. The highest BCUT2D eigenvalue weighted by atomic mass is 35.5. The number of hydrogen-bond donors (Lipinski definition) is 1. The maximum absolute atomic E-state index is 13.7. The number of aromatic nitrogens is 3. The first kappa shape index (κ1) is 13.1. The molecule has 0 radical (unpaired) electrons. The molecule has 0 saturated carbocycles. The maximum atomic E-state index is 13.7. The standard InChI is InChI=1S/C13H9Cl2FN4/c14-9-2-1-8(10(16)5-9)7-17-13-6-11(15)19-12-3-4-18-20(12)13/h1-6,17H,7H2. The van der Waals surface area contributed by atoms with Gasteiger partial charge in [0.05, 0.1) is 6.20 Å². The van der Waals surface area contributed by atoms with Gasteiger partial charge in [0.25, 0.3) is 0 Å². The normalized spacial score (nSPS) is 10.9. The molecule has 102 valence electrons. The summed E-state index contributed by atoms with van der Waals surface area (Å²) >= 11 is 11.6. The molecular weight excluding hydrogens is 302 g/mol. The van der Waals surface area contributed by atoms with Gasteiger partial charge in [-0.05, 0) is 12.1 Å². The molecule has 0 bridgehead atoms. The number of nitrogens with zero attached hydrogens (tertiary/aromatic N) is 3. The average molecular weight is 311 g/mol. The molecular formula is C13H9Cl2FN4. The first-order valence-corrected chi connectivity index (χ1v) is 6.57. The second kappa shape index (κ2) is 5.26. The second-order valence-corrected chi connectivity index (χ2v) is 4.98. The van der Waals surface area contributed by atoms with E-state index in [1.165, 1.54) is 6.07 Å². The zero-order valence-electron chi connectivity index (χ0n) is 10.1. The molecule has 0 aliphatic heterocycles. The van der Waals surface area contributed by atoms with Gasteiger partial charge in [0.15, 0.2) is 5.65 Å². The van der Waals surface area contributed by atoms with Crippen molar-refractivity contribution in [1.82, 2.24) is 14.6 Å². The Morgan fingerprint density at radius 2 is 2.05 bits per heavy atom. The van der Waals surface area contributed by atoms with Gasteiger partial charge >= 0.3 is 0 Å². The van der Waals surface area contributed by atoms with Crippen LogP contribution < -0.4 is 5.32 Å². The Balaban J connectivity index is 1.88. The molecule has 3 rings (SSSR count). The van der Waals surface area contributed by atoms with Gasteiger partial charge in [0.2, 0.25) is 0 Å². The van der Waals surface area contributed by atoms with Crippen LogP contribution in [-0.4, -0.2) is 14.6 Å². The van der Waals surface area contributed by atoms with Gasteiger partial charge in [-0.25, -0.2) is 9.37 Å². The highest BCUT2D eigenvalue weighted by Crippen LogP contribution is 2.19. The van der Waals surface area contributed by atoms with Crippen LogP contribution in [0.15, 0.2) is 36.5 Å². The van der Waals surface area contributed by atoms with Crippen LogP contribution >= 0.6 is 23.2 Å². The Kier molecular flexibility index (Phi) is 3.46. The van der Waals surface area contributed by atoms with Crippen molar-refractivity contribution in [3.05, 3.63) is 58.1 Å². The number of nitrogens with one attached hydrogen (secondary N) is 1. The number of fused-ring (bicyclic) bond motifs is 1. The van der Waals surface area contributed by atoms with Gasteiger partial charge < -0.3 is 5.32 Å². The van der Waals surface area contributed by atoms with E-state index in [2.05, 4.69) is 15.4 Å². The molecule has 3 aromatic rings. The van der Waals surface area contributed by atoms with E-state index in [0.717, 1.165) is 0 Å². The van der Waals surface area contributed by atoms with Crippen molar-refractivity contribution in [2.24, 2.45) is 0 Å². The molecule has 2 aromatic heterocycles. The monoisotopic (exact) mass is 310 g/mol. The molecule has 0 aliphatic rings. The third-order valence-electron chi connectivity index (χ3n) is 2.80. The average Bonchev–Trinajstić information content (AvgIpc) is 2.85. The van der Waals surface area contributed by atoms with Gasteiger partial charge in [-0.3, -0.25) is 0 Å². The van der Waals surface area contributed by atoms with Crippen molar-refractivity contribution >= 4 is 34.7 Å². The molecule has 1 N–H and O–H groups in total. The second-order valence-electron chi connectivity index (χ2n) is 4.15. The number of anilines is 1. The quantitative estimate of drug-likeness (QED) is 0.748. The molecule has 2 heterocycles. The molecule has 0 spiro atoms. The number of benzene rings is 1. The van der Waals surface area contributed by atoms with Crippen molar-refractivity contribution in [1.29, 1.82) is 0 Å². The summed E-state index contributed by atoms with van der Waals surface area (Å²) in [5.41, 5.74) is 1.12. The van der Waals surface area contributed by atoms with Crippen LogP contribution in [0.3, 0.4) is 0 Å². The third kappa shape index (κ3) is 2.55. The lowest BCUT2D eigenvalue weighted by Crippen LogP contribution is -2.07. The SMILES string of the molecule is Fc1cc(Cl)ccc1CNc1cc(Cl)nc2ccnn12. The van der Waals surface area contributed by atoms with E-state index in [4.69, 9.17) is 23.2 Å². The summed E-state index contributed by atoms with van der Waals surface area (Å²) in [4.78, 5) is 4.11. The summed E-state index contributed by atoms with van der Waals surface area (Å²) in [6.07, 6.45) is 1.62. The smallest absolute Gasteiger partial charge is 0.159 e. The van der Waals surface area contributed by atoms with Crippen LogP contribution in [0, 0.1) is 5.82 Å². The van der Waals surface area contributed by atoms with Crippen LogP contribution in [0.2, 0.25) is 10.2 Å². The minimum absolute atomic E-state index is 0.290. The van der Waals surface area contributed by atoms with Crippen molar-refractivity contribution in [2.75, 3.05) is 5.32 Å². The Hall–Kier alpha value is -1.85. The van der Waals surface area contributed by atoms with Gasteiger partial charge in [0.1, 0.15) is 16.8 Å². The summed E-state index contributed by atoms with van der Waals surface area (Å²) in [6.45, 7) is 0.290. The van der Waals surface area contributed by atoms with Crippen LogP contribution in [0.4, 0.5) is 10.2 Å². The Morgan fingerprint density at radius 1 is 1.20 bits per heavy atom. The van der Waals surface area contributed by atoms with E-state index in [1.54, 1.807) is 35.0 Å². The summed E-state index contributed by atoms with van der Waals surface area (Å²) in [5, 5.41) is 7.92. The molecule has 0 atom stereocenters. The van der Waals surface area contributed by atoms with Crippen LogP contribution in [0.25, 0.3) is 5.65 Å². The van der Waals surface area contributed by atoms with E-state index in [-0.39, 0.29) is 12.4 Å². The summed E-state index contributed by atoms with van der Waals surface area (Å²) in [6, 6.07) is 7.93. The van der Waals surface area contributed by atoms with Gasteiger partial charge in [-0.2, -0.15) is 9.61 Å². The van der Waals surface area contributed by atoms with Gasteiger partial charge in [0, 0.05) is 29.3 Å². The van der Waals surface area contributed by atoms with Crippen molar-refractivity contribution in [3.63, 3.8) is 0 Å². The summed E-state index contributed by atoms with van der Waals surface area (Å²) in [5.74, 6) is 0.279. The lowest BCUT2D eigenvalue weighted by molar-refractivity contribution is 0.613. The maximum Gasteiger partial charge on any atom is 0.159 e. The number of halogens is 3. The third-order valence-corrected chi connectivity index (χ3v) is 3.23. The lowest BCUT2D eigenvalue weighted by Gasteiger charge is -2.09. The van der Waals surface area contributed by atoms with E-state index < -0.39 is 0 Å². The van der Waals surface area contributed by atoms with E-state index in [9.17, 15) is 4.39 Å².